The highest BCUT2D eigenvalue weighted by Gasteiger charge is 2.55. The zero-order chi connectivity index (χ0) is 12.1. The molecule has 16 heavy (non-hydrogen) atoms. The second kappa shape index (κ2) is 3.55. The standard InChI is InChI=1S/C12H20N2O2/c1-7-8(2)11(16)14(10(7)15)12(3,6-13)9-4-5-9/h7-9H,4-6,13H2,1-3H3. The molecule has 4 nitrogen and oxygen atoms in total. The van der Waals surface area contributed by atoms with E-state index >= 15 is 0 Å². The van der Waals surface area contributed by atoms with E-state index < -0.39 is 5.54 Å². The summed E-state index contributed by atoms with van der Waals surface area (Å²) in [5.41, 5.74) is 5.35. The van der Waals surface area contributed by atoms with Gasteiger partial charge in [-0.15, -0.1) is 0 Å². The van der Waals surface area contributed by atoms with Crippen LogP contribution in [0.5, 0.6) is 0 Å². The first-order valence-corrected chi connectivity index (χ1v) is 6.01. The zero-order valence-corrected chi connectivity index (χ0v) is 10.2. The lowest BCUT2D eigenvalue weighted by Gasteiger charge is -2.37. The summed E-state index contributed by atoms with van der Waals surface area (Å²) in [7, 11) is 0. The van der Waals surface area contributed by atoms with Crippen molar-refractivity contribution in [2.24, 2.45) is 23.5 Å². The van der Waals surface area contributed by atoms with E-state index in [2.05, 4.69) is 0 Å². The zero-order valence-electron chi connectivity index (χ0n) is 10.2. The molecule has 2 fully saturated rings. The van der Waals surface area contributed by atoms with Crippen LogP contribution in [0.3, 0.4) is 0 Å². The number of nitrogens with zero attached hydrogens (tertiary/aromatic N) is 1. The van der Waals surface area contributed by atoms with Gasteiger partial charge in [0, 0.05) is 18.4 Å². The lowest BCUT2D eigenvalue weighted by Crippen LogP contribution is -2.56. The Morgan fingerprint density at radius 1 is 1.25 bits per heavy atom. The molecule has 1 saturated heterocycles. The highest BCUT2D eigenvalue weighted by Crippen LogP contribution is 2.45. The van der Waals surface area contributed by atoms with Crippen LogP contribution in [0.4, 0.5) is 0 Å². The minimum atomic E-state index is -0.451. The Hall–Kier alpha value is -0.900. The largest absolute Gasteiger partial charge is 0.328 e. The van der Waals surface area contributed by atoms with Gasteiger partial charge in [0.05, 0.1) is 5.54 Å². The molecule has 0 spiro atoms. The molecule has 0 radical (unpaired) electrons. The van der Waals surface area contributed by atoms with Crippen molar-refractivity contribution in [3.63, 3.8) is 0 Å². The molecule has 0 bridgehead atoms. The molecule has 90 valence electrons. The van der Waals surface area contributed by atoms with Crippen LogP contribution >= 0.6 is 0 Å². The van der Waals surface area contributed by atoms with Crippen molar-refractivity contribution in [2.75, 3.05) is 6.54 Å². The lowest BCUT2D eigenvalue weighted by atomic mass is 9.93. The van der Waals surface area contributed by atoms with Crippen molar-refractivity contribution in [1.82, 2.24) is 4.90 Å². The van der Waals surface area contributed by atoms with Crippen LogP contribution in [-0.2, 0) is 9.59 Å². The number of nitrogens with two attached hydrogens (primary N) is 1. The van der Waals surface area contributed by atoms with Gasteiger partial charge in [0.15, 0.2) is 0 Å². The van der Waals surface area contributed by atoms with Crippen LogP contribution < -0.4 is 5.73 Å². The van der Waals surface area contributed by atoms with Gasteiger partial charge in [-0.05, 0) is 25.7 Å². The van der Waals surface area contributed by atoms with E-state index in [1.807, 2.05) is 20.8 Å². The second-order valence-corrected chi connectivity index (χ2v) is 5.42. The molecular formula is C12H20N2O2. The number of imide groups is 1. The third-order valence-electron chi connectivity index (χ3n) is 4.35. The highest BCUT2D eigenvalue weighted by atomic mass is 16.2. The number of amides is 2. The fourth-order valence-corrected chi connectivity index (χ4v) is 2.59. The van der Waals surface area contributed by atoms with Crippen molar-refractivity contribution < 1.29 is 9.59 Å². The van der Waals surface area contributed by atoms with Crippen molar-refractivity contribution in [2.45, 2.75) is 39.2 Å². The van der Waals surface area contributed by atoms with Crippen LogP contribution in [0.1, 0.15) is 33.6 Å². The average molecular weight is 224 g/mol. The Kier molecular flexibility index (Phi) is 2.57. The number of carbonyl (C=O) groups is 2. The molecule has 2 aliphatic rings. The molecule has 1 aliphatic heterocycles. The molecule has 2 amide bonds. The van der Waals surface area contributed by atoms with Crippen molar-refractivity contribution in [1.29, 1.82) is 0 Å². The molecule has 1 heterocycles. The Labute approximate surface area is 96.2 Å². The predicted molar refractivity (Wildman–Crippen MR) is 60.4 cm³/mol. The average Bonchev–Trinajstić information content (AvgIpc) is 3.07. The third-order valence-corrected chi connectivity index (χ3v) is 4.35. The van der Waals surface area contributed by atoms with Crippen LogP contribution in [0.25, 0.3) is 0 Å². The minimum Gasteiger partial charge on any atom is -0.328 e. The van der Waals surface area contributed by atoms with Gasteiger partial charge in [-0.1, -0.05) is 13.8 Å². The summed E-state index contributed by atoms with van der Waals surface area (Å²) in [5.74, 6) is -0.0770. The molecule has 3 atom stereocenters. The van der Waals surface area contributed by atoms with Crippen molar-refractivity contribution in [3.8, 4) is 0 Å². The SMILES string of the molecule is CC1C(=O)N(C(C)(CN)C2CC2)C(=O)C1C. The van der Waals surface area contributed by atoms with E-state index in [1.54, 1.807) is 0 Å². The summed E-state index contributed by atoms with van der Waals surface area (Å²) in [5, 5.41) is 0. The van der Waals surface area contributed by atoms with Gasteiger partial charge >= 0.3 is 0 Å². The van der Waals surface area contributed by atoms with E-state index in [0.717, 1.165) is 12.8 Å². The Morgan fingerprint density at radius 2 is 1.69 bits per heavy atom. The molecular weight excluding hydrogens is 204 g/mol. The van der Waals surface area contributed by atoms with Gasteiger partial charge in [-0.2, -0.15) is 0 Å². The minimum absolute atomic E-state index is 0.0441. The molecule has 0 aromatic carbocycles. The Morgan fingerprint density at radius 3 is 2.00 bits per heavy atom. The summed E-state index contributed by atoms with van der Waals surface area (Å²) >= 11 is 0. The van der Waals surface area contributed by atoms with Crippen LogP contribution in [-0.4, -0.2) is 28.8 Å². The molecule has 0 aromatic heterocycles. The quantitative estimate of drug-likeness (QED) is 0.720. The fraction of sp³-hybridized carbons (Fsp3) is 0.833. The first kappa shape index (κ1) is 11.6. The Balaban J connectivity index is 2.32. The van der Waals surface area contributed by atoms with Gasteiger partial charge in [-0.3, -0.25) is 14.5 Å². The molecule has 2 rings (SSSR count). The van der Waals surface area contributed by atoms with Crippen LogP contribution in [0, 0.1) is 17.8 Å². The maximum atomic E-state index is 12.1. The molecule has 1 saturated carbocycles. The fourth-order valence-electron chi connectivity index (χ4n) is 2.59. The van der Waals surface area contributed by atoms with Gasteiger partial charge in [-0.25, -0.2) is 0 Å². The smallest absolute Gasteiger partial charge is 0.233 e. The van der Waals surface area contributed by atoms with E-state index in [1.165, 1.54) is 4.90 Å². The summed E-state index contributed by atoms with van der Waals surface area (Å²) in [6.45, 7) is 5.98. The number of rotatable bonds is 3. The van der Waals surface area contributed by atoms with Crippen molar-refractivity contribution in [3.05, 3.63) is 0 Å². The lowest BCUT2D eigenvalue weighted by molar-refractivity contribution is -0.147. The van der Waals surface area contributed by atoms with Gasteiger partial charge < -0.3 is 5.73 Å². The third kappa shape index (κ3) is 1.39. The van der Waals surface area contributed by atoms with E-state index in [9.17, 15) is 9.59 Å². The predicted octanol–water partition coefficient (Wildman–Crippen LogP) is 0.755. The van der Waals surface area contributed by atoms with Gasteiger partial charge in [0.25, 0.3) is 0 Å². The number of hydrogen-bond acceptors (Lipinski definition) is 3. The summed E-state index contributed by atoms with van der Waals surface area (Å²) in [4.78, 5) is 25.7. The maximum Gasteiger partial charge on any atom is 0.233 e. The van der Waals surface area contributed by atoms with E-state index in [0.29, 0.717) is 12.5 Å². The van der Waals surface area contributed by atoms with Crippen LogP contribution in [0.15, 0.2) is 0 Å². The monoisotopic (exact) mass is 224 g/mol. The molecule has 2 N–H and O–H groups in total. The van der Waals surface area contributed by atoms with Gasteiger partial charge in [0.1, 0.15) is 0 Å². The molecule has 0 aromatic rings. The van der Waals surface area contributed by atoms with E-state index in [-0.39, 0.29) is 23.7 Å². The number of hydrogen-bond donors (Lipinski definition) is 1. The van der Waals surface area contributed by atoms with E-state index in [4.69, 9.17) is 5.73 Å². The molecule has 3 unspecified atom stereocenters. The van der Waals surface area contributed by atoms with Crippen molar-refractivity contribution >= 4 is 11.8 Å². The summed E-state index contributed by atoms with van der Waals surface area (Å²) in [6.07, 6.45) is 2.15. The summed E-state index contributed by atoms with van der Waals surface area (Å²) in [6, 6.07) is 0. The second-order valence-electron chi connectivity index (χ2n) is 5.42. The maximum absolute atomic E-state index is 12.1. The highest BCUT2D eigenvalue weighted by molar-refractivity contribution is 6.05. The first-order chi connectivity index (χ1) is 7.43. The summed E-state index contributed by atoms with van der Waals surface area (Å²) < 4.78 is 0. The van der Waals surface area contributed by atoms with Crippen LogP contribution in [0.2, 0.25) is 0 Å². The molecule has 1 aliphatic carbocycles. The topological polar surface area (TPSA) is 63.4 Å². The first-order valence-electron chi connectivity index (χ1n) is 6.01. The number of carbonyl (C=O) groups excluding carboxylic acids is 2. The molecule has 4 heteroatoms. The number of likely N-dealkylation sites (tertiary alicyclic amines) is 1. The van der Waals surface area contributed by atoms with Gasteiger partial charge in [0.2, 0.25) is 11.8 Å². The Bertz CT molecular complexity index is 318. The normalized spacial score (nSPS) is 34.4.